The second kappa shape index (κ2) is 12.8. The number of para-hydroxylation sites is 3. The standard InChI is InChI=1S/C54H32BNO4/c1-3-12-33(13-4-1)35-22-25-43-49(28-35)58-51-31-38(32-52-53(51)55(43)44-26-23-36(29-50(44)59-52)34-14-5-2-6-15-34)56(37-24-27-48-42(30-37)40-17-8-9-20-46(40)57-48)45-19-11-18-41-39-16-7-10-21-47(39)60-54(41)45/h1-32H. The molecule has 0 saturated carbocycles. The fraction of sp³-hybridized carbons (Fsp3) is 0. The lowest BCUT2D eigenvalue weighted by molar-refractivity contribution is 0.465. The van der Waals surface area contributed by atoms with E-state index in [0.717, 1.165) is 123 Å². The van der Waals surface area contributed by atoms with Gasteiger partial charge in [0.25, 0.3) is 6.71 Å². The predicted molar refractivity (Wildman–Crippen MR) is 244 cm³/mol. The van der Waals surface area contributed by atoms with Gasteiger partial charge >= 0.3 is 0 Å². The summed E-state index contributed by atoms with van der Waals surface area (Å²) >= 11 is 0. The first-order valence-corrected chi connectivity index (χ1v) is 20.3. The molecule has 4 heterocycles. The molecule has 2 aliphatic rings. The van der Waals surface area contributed by atoms with Crippen LogP contribution >= 0.6 is 0 Å². The van der Waals surface area contributed by atoms with Crippen LogP contribution in [0.25, 0.3) is 66.1 Å². The number of benzene rings is 9. The van der Waals surface area contributed by atoms with E-state index in [1.807, 2.05) is 36.4 Å². The topological polar surface area (TPSA) is 48.0 Å². The Morgan fingerprint density at radius 1 is 0.350 bits per heavy atom. The van der Waals surface area contributed by atoms with E-state index < -0.39 is 0 Å². The van der Waals surface area contributed by atoms with Gasteiger partial charge in [-0.15, -0.1) is 0 Å². The van der Waals surface area contributed by atoms with E-state index in [0.29, 0.717) is 0 Å². The summed E-state index contributed by atoms with van der Waals surface area (Å²) in [4.78, 5) is 2.26. The summed E-state index contributed by atoms with van der Waals surface area (Å²) in [6.45, 7) is -0.105. The molecule has 13 rings (SSSR count). The number of nitrogens with zero attached hydrogens (tertiary/aromatic N) is 1. The molecule has 280 valence electrons. The van der Waals surface area contributed by atoms with Crippen molar-refractivity contribution in [3.8, 4) is 45.3 Å². The van der Waals surface area contributed by atoms with Crippen LogP contribution in [0.2, 0.25) is 0 Å². The van der Waals surface area contributed by atoms with Gasteiger partial charge in [0.05, 0.1) is 11.4 Å². The third-order valence-corrected chi connectivity index (χ3v) is 12.2. The molecule has 0 fully saturated rings. The highest BCUT2D eigenvalue weighted by molar-refractivity contribution is 6.98. The number of ether oxygens (including phenoxy) is 2. The van der Waals surface area contributed by atoms with Crippen molar-refractivity contribution in [3.63, 3.8) is 0 Å². The molecule has 2 aromatic heterocycles. The average molecular weight is 770 g/mol. The van der Waals surface area contributed by atoms with E-state index in [9.17, 15) is 0 Å². The van der Waals surface area contributed by atoms with Crippen LogP contribution in [0.1, 0.15) is 0 Å². The van der Waals surface area contributed by atoms with Crippen molar-refractivity contribution >= 4 is 84.0 Å². The SMILES string of the molecule is c1ccc(-c2ccc3c(c2)Oc2cc(N(c4ccc5oc6ccccc6c5c4)c4cccc5c4oc4ccccc45)cc4c2B3c2ccc(-c3ccccc3)cc2O4)cc1. The fourth-order valence-electron chi connectivity index (χ4n) is 9.42. The maximum atomic E-state index is 7.06. The first kappa shape index (κ1) is 33.1. The molecule has 0 amide bonds. The zero-order valence-corrected chi connectivity index (χ0v) is 32.1. The van der Waals surface area contributed by atoms with Crippen molar-refractivity contribution in [1.29, 1.82) is 0 Å². The molecule has 60 heavy (non-hydrogen) atoms. The van der Waals surface area contributed by atoms with Crippen molar-refractivity contribution in [2.75, 3.05) is 4.90 Å². The van der Waals surface area contributed by atoms with Gasteiger partial charge in [-0.2, -0.15) is 0 Å². The van der Waals surface area contributed by atoms with Crippen molar-refractivity contribution < 1.29 is 18.3 Å². The van der Waals surface area contributed by atoms with Gasteiger partial charge in [-0.25, -0.2) is 0 Å². The van der Waals surface area contributed by atoms with Gasteiger partial charge in [0, 0.05) is 44.8 Å². The molecule has 9 aromatic carbocycles. The Labute approximate surface area is 345 Å². The lowest BCUT2D eigenvalue weighted by atomic mass is 9.34. The molecule has 0 radical (unpaired) electrons. The quantitative estimate of drug-likeness (QED) is 0.163. The summed E-state index contributed by atoms with van der Waals surface area (Å²) in [5, 5.41) is 4.20. The van der Waals surface area contributed by atoms with Crippen LogP contribution in [-0.2, 0) is 0 Å². The van der Waals surface area contributed by atoms with E-state index in [4.69, 9.17) is 18.3 Å². The Bertz CT molecular complexity index is 3400. The van der Waals surface area contributed by atoms with Crippen LogP contribution in [0.4, 0.5) is 17.1 Å². The largest absolute Gasteiger partial charge is 0.458 e. The number of anilines is 3. The number of rotatable bonds is 5. The van der Waals surface area contributed by atoms with E-state index in [2.05, 4.69) is 163 Å². The van der Waals surface area contributed by atoms with Crippen LogP contribution in [0, 0.1) is 0 Å². The Balaban J connectivity index is 1.06. The molecule has 6 heteroatoms. The van der Waals surface area contributed by atoms with Gasteiger partial charge in [-0.1, -0.05) is 133 Å². The Kier molecular flexibility index (Phi) is 7.04. The van der Waals surface area contributed by atoms with Crippen LogP contribution in [0.5, 0.6) is 23.0 Å². The number of fused-ring (bicyclic) bond motifs is 10. The maximum absolute atomic E-state index is 7.06. The van der Waals surface area contributed by atoms with E-state index in [-0.39, 0.29) is 6.71 Å². The minimum atomic E-state index is -0.105. The minimum absolute atomic E-state index is 0.105. The third-order valence-electron chi connectivity index (χ3n) is 12.2. The second-order valence-corrected chi connectivity index (χ2v) is 15.6. The molecular weight excluding hydrogens is 737 g/mol. The summed E-state index contributed by atoms with van der Waals surface area (Å²) in [5.41, 5.74) is 13.7. The first-order chi connectivity index (χ1) is 29.7. The number of furan rings is 2. The lowest BCUT2D eigenvalue weighted by Gasteiger charge is -2.35. The molecule has 11 aromatic rings. The van der Waals surface area contributed by atoms with Crippen LogP contribution in [0.15, 0.2) is 203 Å². The highest BCUT2D eigenvalue weighted by Gasteiger charge is 2.41. The van der Waals surface area contributed by atoms with Gasteiger partial charge in [-0.3, -0.25) is 0 Å². The molecule has 0 aliphatic carbocycles. The second-order valence-electron chi connectivity index (χ2n) is 15.6. The average Bonchev–Trinajstić information content (AvgIpc) is 3.88. The predicted octanol–water partition coefficient (Wildman–Crippen LogP) is 13.0. The van der Waals surface area contributed by atoms with E-state index in [1.54, 1.807) is 0 Å². The minimum Gasteiger partial charge on any atom is -0.458 e. The van der Waals surface area contributed by atoms with Crippen molar-refractivity contribution in [3.05, 3.63) is 194 Å². The molecule has 0 atom stereocenters. The molecule has 5 nitrogen and oxygen atoms in total. The van der Waals surface area contributed by atoms with Gasteiger partial charge in [-0.05, 0) is 81.7 Å². The molecular formula is C54H32BNO4. The summed E-state index contributed by atoms with van der Waals surface area (Å²) in [6.07, 6.45) is 0. The Morgan fingerprint density at radius 2 is 0.900 bits per heavy atom. The summed E-state index contributed by atoms with van der Waals surface area (Å²) in [6, 6.07) is 67.6. The van der Waals surface area contributed by atoms with Crippen LogP contribution in [0.3, 0.4) is 0 Å². The summed E-state index contributed by atoms with van der Waals surface area (Å²) in [5.74, 6) is 3.16. The fourth-order valence-corrected chi connectivity index (χ4v) is 9.42. The molecule has 0 spiro atoms. The van der Waals surface area contributed by atoms with E-state index >= 15 is 0 Å². The molecule has 0 N–H and O–H groups in total. The van der Waals surface area contributed by atoms with Crippen molar-refractivity contribution in [1.82, 2.24) is 0 Å². The summed E-state index contributed by atoms with van der Waals surface area (Å²) in [7, 11) is 0. The highest BCUT2D eigenvalue weighted by Crippen LogP contribution is 2.47. The highest BCUT2D eigenvalue weighted by atomic mass is 16.5. The zero-order valence-electron chi connectivity index (χ0n) is 32.1. The van der Waals surface area contributed by atoms with Crippen molar-refractivity contribution in [2.45, 2.75) is 0 Å². The number of hydrogen-bond donors (Lipinski definition) is 0. The normalized spacial score (nSPS) is 12.6. The lowest BCUT2D eigenvalue weighted by Crippen LogP contribution is -2.57. The molecule has 0 bridgehead atoms. The van der Waals surface area contributed by atoms with Crippen LogP contribution < -0.4 is 30.8 Å². The van der Waals surface area contributed by atoms with Gasteiger partial charge < -0.3 is 23.2 Å². The van der Waals surface area contributed by atoms with Crippen LogP contribution in [-0.4, -0.2) is 6.71 Å². The van der Waals surface area contributed by atoms with Gasteiger partial charge in [0.2, 0.25) is 0 Å². The van der Waals surface area contributed by atoms with Gasteiger partial charge in [0.15, 0.2) is 5.58 Å². The summed E-state index contributed by atoms with van der Waals surface area (Å²) < 4.78 is 27.2. The maximum Gasteiger partial charge on any atom is 0.260 e. The Morgan fingerprint density at radius 3 is 1.55 bits per heavy atom. The van der Waals surface area contributed by atoms with Gasteiger partial charge in [0.1, 0.15) is 39.7 Å². The molecule has 0 saturated heterocycles. The third kappa shape index (κ3) is 5.01. The Hall–Kier alpha value is -7.96. The zero-order chi connectivity index (χ0) is 39.3. The molecule has 2 aliphatic heterocycles. The number of hydrogen-bond acceptors (Lipinski definition) is 5. The van der Waals surface area contributed by atoms with E-state index in [1.165, 1.54) is 0 Å². The monoisotopic (exact) mass is 769 g/mol. The smallest absolute Gasteiger partial charge is 0.260 e. The molecule has 0 unspecified atom stereocenters. The first-order valence-electron chi connectivity index (χ1n) is 20.3. The van der Waals surface area contributed by atoms with Crippen molar-refractivity contribution in [2.24, 2.45) is 0 Å².